The van der Waals surface area contributed by atoms with E-state index in [4.69, 9.17) is 4.74 Å². The van der Waals surface area contributed by atoms with Gasteiger partial charge in [-0.1, -0.05) is 42.5 Å². The molecular formula is C24H26FNO2. The maximum absolute atomic E-state index is 13.2. The Morgan fingerprint density at radius 1 is 1.07 bits per heavy atom. The first kappa shape index (κ1) is 18.0. The average molecular weight is 379 g/mol. The molecule has 0 aromatic heterocycles. The highest BCUT2D eigenvalue weighted by molar-refractivity contribution is 5.68. The molecule has 2 aliphatic heterocycles. The number of halogens is 1. The van der Waals surface area contributed by atoms with Crippen molar-refractivity contribution in [1.82, 2.24) is 4.90 Å². The van der Waals surface area contributed by atoms with E-state index in [1.807, 2.05) is 24.3 Å². The molecule has 3 aliphatic rings. The lowest BCUT2D eigenvalue weighted by Gasteiger charge is -2.37. The van der Waals surface area contributed by atoms with Crippen LogP contribution >= 0.6 is 0 Å². The number of hydrogen-bond acceptors (Lipinski definition) is 3. The van der Waals surface area contributed by atoms with Crippen molar-refractivity contribution in [2.24, 2.45) is 11.8 Å². The summed E-state index contributed by atoms with van der Waals surface area (Å²) < 4.78 is 18.3. The Hall–Kier alpha value is -2.01. The van der Waals surface area contributed by atoms with Crippen LogP contribution in [0, 0.1) is 17.7 Å². The molecule has 146 valence electrons. The Morgan fingerprint density at radius 3 is 2.39 bits per heavy atom. The average Bonchev–Trinajstić information content (AvgIpc) is 3.25. The van der Waals surface area contributed by atoms with Crippen LogP contribution in [0.2, 0.25) is 0 Å². The molecule has 3 atom stereocenters. The van der Waals surface area contributed by atoms with Crippen LogP contribution in [0.3, 0.4) is 0 Å². The first-order valence-corrected chi connectivity index (χ1v) is 10.1. The van der Waals surface area contributed by atoms with E-state index < -0.39 is 5.60 Å². The van der Waals surface area contributed by atoms with E-state index in [2.05, 4.69) is 30.0 Å². The SMILES string of the molecule is CC(c1ccc(C2(O)COC2)cc1)N1CC2C=C(c3ccc(F)cc3)CC2C1. The molecule has 0 saturated carbocycles. The van der Waals surface area contributed by atoms with E-state index in [0.717, 1.165) is 30.6 Å². The summed E-state index contributed by atoms with van der Waals surface area (Å²) in [6, 6.07) is 15.6. The van der Waals surface area contributed by atoms with E-state index in [1.165, 1.54) is 11.1 Å². The van der Waals surface area contributed by atoms with Crippen molar-refractivity contribution < 1.29 is 14.2 Å². The third-order valence-electron chi connectivity index (χ3n) is 6.79. The van der Waals surface area contributed by atoms with Crippen LogP contribution in [-0.4, -0.2) is 36.3 Å². The van der Waals surface area contributed by atoms with Gasteiger partial charge in [0.25, 0.3) is 0 Å². The lowest BCUT2D eigenvalue weighted by Crippen LogP contribution is -2.46. The summed E-state index contributed by atoms with van der Waals surface area (Å²) in [6.45, 7) is 5.20. The number of rotatable bonds is 4. The van der Waals surface area contributed by atoms with E-state index in [1.54, 1.807) is 12.1 Å². The van der Waals surface area contributed by atoms with Gasteiger partial charge in [0, 0.05) is 19.1 Å². The molecule has 4 heteroatoms. The Morgan fingerprint density at radius 2 is 1.79 bits per heavy atom. The molecule has 0 bridgehead atoms. The third-order valence-corrected chi connectivity index (χ3v) is 6.79. The van der Waals surface area contributed by atoms with E-state index in [-0.39, 0.29) is 5.82 Å². The monoisotopic (exact) mass is 379 g/mol. The molecule has 2 saturated heterocycles. The van der Waals surface area contributed by atoms with Gasteiger partial charge in [-0.2, -0.15) is 0 Å². The van der Waals surface area contributed by atoms with Gasteiger partial charge in [-0.05, 0) is 59.6 Å². The third kappa shape index (κ3) is 3.10. The Balaban J connectivity index is 1.26. The summed E-state index contributed by atoms with van der Waals surface area (Å²) in [5, 5.41) is 10.4. The summed E-state index contributed by atoms with van der Waals surface area (Å²) in [5.41, 5.74) is 3.95. The highest BCUT2D eigenvalue weighted by Crippen LogP contribution is 2.43. The van der Waals surface area contributed by atoms with E-state index >= 15 is 0 Å². The molecule has 0 radical (unpaired) electrons. The molecule has 3 unspecified atom stereocenters. The molecule has 5 rings (SSSR count). The second-order valence-electron chi connectivity index (χ2n) is 8.60. The van der Waals surface area contributed by atoms with E-state index in [0.29, 0.717) is 31.1 Å². The van der Waals surface area contributed by atoms with Gasteiger partial charge < -0.3 is 9.84 Å². The van der Waals surface area contributed by atoms with Crippen LogP contribution < -0.4 is 0 Å². The number of likely N-dealkylation sites (tertiary alicyclic amines) is 1. The fraction of sp³-hybridized carbons (Fsp3) is 0.417. The van der Waals surface area contributed by atoms with Crippen molar-refractivity contribution in [3.8, 4) is 0 Å². The van der Waals surface area contributed by atoms with Crippen molar-refractivity contribution >= 4 is 5.57 Å². The summed E-state index contributed by atoms with van der Waals surface area (Å²) in [7, 11) is 0. The standard InChI is InChI=1S/C24H26FNO2/c1-16(17-2-6-22(7-3-17)24(27)14-28-15-24)26-12-20-10-19(11-21(20)13-26)18-4-8-23(25)9-5-18/h2-10,16,20-21,27H,11-15H2,1H3. The zero-order valence-corrected chi connectivity index (χ0v) is 16.1. The van der Waals surface area contributed by atoms with E-state index in [9.17, 15) is 9.50 Å². The number of hydrogen-bond donors (Lipinski definition) is 1. The van der Waals surface area contributed by atoms with Gasteiger partial charge in [-0.25, -0.2) is 4.39 Å². The maximum atomic E-state index is 13.2. The van der Waals surface area contributed by atoms with Gasteiger partial charge in [-0.3, -0.25) is 4.90 Å². The molecule has 2 aromatic carbocycles. The van der Waals surface area contributed by atoms with Gasteiger partial charge in [0.05, 0.1) is 13.2 Å². The normalized spacial score (nSPS) is 27.2. The molecule has 2 aromatic rings. The van der Waals surface area contributed by atoms with Crippen molar-refractivity contribution in [2.45, 2.75) is 25.0 Å². The second-order valence-corrected chi connectivity index (χ2v) is 8.60. The number of aliphatic hydroxyl groups is 1. The lowest BCUT2D eigenvalue weighted by atomic mass is 9.90. The highest BCUT2D eigenvalue weighted by atomic mass is 19.1. The van der Waals surface area contributed by atoms with Crippen molar-refractivity contribution in [1.29, 1.82) is 0 Å². The summed E-state index contributed by atoms with van der Waals surface area (Å²) in [6.07, 6.45) is 3.48. The van der Waals surface area contributed by atoms with Gasteiger partial charge in [0.15, 0.2) is 0 Å². The van der Waals surface area contributed by atoms with Crippen LogP contribution in [0.25, 0.3) is 5.57 Å². The Labute approximate surface area is 165 Å². The fourth-order valence-corrected chi connectivity index (χ4v) is 4.88. The number of benzene rings is 2. The molecule has 28 heavy (non-hydrogen) atoms. The smallest absolute Gasteiger partial charge is 0.136 e. The lowest BCUT2D eigenvalue weighted by molar-refractivity contribution is -0.184. The quantitative estimate of drug-likeness (QED) is 0.867. The minimum Gasteiger partial charge on any atom is -0.380 e. The minimum absolute atomic E-state index is 0.175. The van der Waals surface area contributed by atoms with Crippen molar-refractivity contribution in [2.75, 3.05) is 26.3 Å². The van der Waals surface area contributed by atoms with Crippen LogP contribution in [-0.2, 0) is 10.3 Å². The summed E-state index contributed by atoms with van der Waals surface area (Å²) in [4.78, 5) is 2.56. The second kappa shape index (κ2) is 6.80. The Bertz CT molecular complexity index is 886. The number of nitrogens with zero attached hydrogens (tertiary/aromatic N) is 1. The topological polar surface area (TPSA) is 32.7 Å². The predicted molar refractivity (Wildman–Crippen MR) is 107 cm³/mol. The predicted octanol–water partition coefficient (Wildman–Crippen LogP) is 4.14. The number of allylic oxidation sites excluding steroid dienone is 1. The molecule has 3 nitrogen and oxygen atoms in total. The van der Waals surface area contributed by atoms with Gasteiger partial charge >= 0.3 is 0 Å². The van der Waals surface area contributed by atoms with Crippen LogP contribution in [0.5, 0.6) is 0 Å². The highest BCUT2D eigenvalue weighted by Gasteiger charge is 2.39. The number of fused-ring (bicyclic) bond motifs is 1. The molecule has 1 N–H and O–H groups in total. The van der Waals surface area contributed by atoms with Gasteiger partial charge in [0.1, 0.15) is 11.4 Å². The summed E-state index contributed by atoms with van der Waals surface area (Å²) in [5.74, 6) is 1.05. The first-order chi connectivity index (χ1) is 13.5. The van der Waals surface area contributed by atoms with Crippen LogP contribution in [0.1, 0.15) is 36.1 Å². The molecule has 2 fully saturated rings. The fourth-order valence-electron chi connectivity index (χ4n) is 4.88. The number of ether oxygens (including phenoxy) is 1. The Kier molecular flexibility index (Phi) is 4.38. The van der Waals surface area contributed by atoms with Crippen LogP contribution in [0.15, 0.2) is 54.6 Å². The first-order valence-electron chi connectivity index (χ1n) is 10.1. The molecule has 0 amide bonds. The molecule has 2 heterocycles. The van der Waals surface area contributed by atoms with Crippen LogP contribution in [0.4, 0.5) is 4.39 Å². The molecular weight excluding hydrogens is 353 g/mol. The maximum Gasteiger partial charge on any atom is 0.136 e. The molecule has 1 aliphatic carbocycles. The zero-order chi connectivity index (χ0) is 19.3. The van der Waals surface area contributed by atoms with Gasteiger partial charge in [-0.15, -0.1) is 0 Å². The van der Waals surface area contributed by atoms with Crippen molar-refractivity contribution in [3.63, 3.8) is 0 Å². The largest absolute Gasteiger partial charge is 0.380 e. The molecule has 0 spiro atoms. The van der Waals surface area contributed by atoms with Gasteiger partial charge in [0.2, 0.25) is 0 Å². The van der Waals surface area contributed by atoms with Crippen molar-refractivity contribution in [3.05, 3.63) is 77.1 Å². The zero-order valence-electron chi connectivity index (χ0n) is 16.1. The summed E-state index contributed by atoms with van der Waals surface area (Å²) >= 11 is 0. The minimum atomic E-state index is -0.798.